The second-order valence-corrected chi connectivity index (χ2v) is 8.60. The van der Waals surface area contributed by atoms with Gasteiger partial charge in [-0.2, -0.15) is 0 Å². The van der Waals surface area contributed by atoms with E-state index in [-0.39, 0.29) is 12.0 Å². The first-order valence-corrected chi connectivity index (χ1v) is 11.7. The van der Waals surface area contributed by atoms with E-state index < -0.39 is 0 Å². The standard InChI is InChI=1S/C24H30N2O3S/c1-2-3-4-5-8-17-30-21-13-11-20(12-14-21)25-23(27)22-10-7-6-9-19(22)18-26-15-16-29-24(26)28/h6-7,9-14H,2-5,8,15-18H2,1H3,(H,25,27). The van der Waals surface area contributed by atoms with Gasteiger partial charge >= 0.3 is 6.09 Å². The number of cyclic esters (lactones) is 1. The van der Waals surface area contributed by atoms with Gasteiger partial charge in [-0.1, -0.05) is 50.8 Å². The Labute approximate surface area is 183 Å². The molecule has 1 aliphatic rings. The van der Waals surface area contributed by atoms with E-state index >= 15 is 0 Å². The highest BCUT2D eigenvalue weighted by Gasteiger charge is 2.23. The lowest BCUT2D eigenvalue weighted by Gasteiger charge is -2.15. The van der Waals surface area contributed by atoms with E-state index in [1.165, 1.54) is 37.0 Å². The Morgan fingerprint density at radius 2 is 1.83 bits per heavy atom. The highest BCUT2D eigenvalue weighted by Crippen LogP contribution is 2.23. The SMILES string of the molecule is CCCCCCCSc1ccc(NC(=O)c2ccccc2CN2CCOC2=O)cc1. The summed E-state index contributed by atoms with van der Waals surface area (Å²) in [5.41, 5.74) is 2.15. The van der Waals surface area contributed by atoms with E-state index in [2.05, 4.69) is 24.4 Å². The topological polar surface area (TPSA) is 58.6 Å². The maximum absolute atomic E-state index is 12.8. The van der Waals surface area contributed by atoms with Crippen LogP contribution in [0.15, 0.2) is 53.4 Å². The largest absolute Gasteiger partial charge is 0.448 e. The molecular formula is C24H30N2O3S. The van der Waals surface area contributed by atoms with Gasteiger partial charge in [-0.15, -0.1) is 11.8 Å². The molecule has 0 bridgehead atoms. The molecule has 0 aliphatic carbocycles. The molecule has 0 saturated carbocycles. The van der Waals surface area contributed by atoms with Gasteiger partial charge in [-0.3, -0.25) is 4.79 Å². The van der Waals surface area contributed by atoms with E-state index in [0.717, 1.165) is 17.0 Å². The number of rotatable bonds is 11. The predicted octanol–water partition coefficient (Wildman–Crippen LogP) is 5.95. The Balaban J connectivity index is 1.53. The molecule has 0 unspecified atom stereocenters. The van der Waals surface area contributed by atoms with Crippen molar-refractivity contribution in [2.24, 2.45) is 0 Å². The van der Waals surface area contributed by atoms with Crippen molar-refractivity contribution in [3.63, 3.8) is 0 Å². The fourth-order valence-corrected chi connectivity index (χ4v) is 4.30. The van der Waals surface area contributed by atoms with E-state index in [1.807, 2.05) is 42.1 Å². The minimum Gasteiger partial charge on any atom is -0.448 e. The lowest BCUT2D eigenvalue weighted by molar-refractivity contribution is 0.102. The van der Waals surface area contributed by atoms with Crippen LogP contribution in [-0.2, 0) is 11.3 Å². The van der Waals surface area contributed by atoms with Crippen molar-refractivity contribution < 1.29 is 14.3 Å². The van der Waals surface area contributed by atoms with Crippen LogP contribution in [0.2, 0.25) is 0 Å². The molecule has 2 aromatic rings. The number of carbonyl (C=O) groups excluding carboxylic acids is 2. The average molecular weight is 427 g/mol. The summed E-state index contributed by atoms with van der Waals surface area (Å²) >= 11 is 1.86. The van der Waals surface area contributed by atoms with Gasteiger partial charge in [0.25, 0.3) is 5.91 Å². The summed E-state index contributed by atoms with van der Waals surface area (Å²) in [4.78, 5) is 27.4. The van der Waals surface area contributed by atoms with Crippen LogP contribution in [-0.4, -0.2) is 35.8 Å². The fourth-order valence-electron chi connectivity index (χ4n) is 3.38. The zero-order valence-electron chi connectivity index (χ0n) is 17.6. The molecule has 1 fully saturated rings. The van der Waals surface area contributed by atoms with Crippen LogP contribution in [0.25, 0.3) is 0 Å². The first-order valence-electron chi connectivity index (χ1n) is 10.7. The molecule has 1 N–H and O–H groups in total. The quantitative estimate of drug-likeness (QED) is 0.356. The predicted molar refractivity (Wildman–Crippen MR) is 122 cm³/mol. The van der Waals surface area contributed by atoms with Gasteiger partial charge in [0.15, 0.2) is 0 Å². The zero-order valence-corrected chi connectivity index (χ0v) is 18.4. The highest BCUT2D eigenvalue weighted by molar-refractivity contribution is 7.99. The number of ether oxygens (including phenoxy) is 1. The first-order chi connectivity index (χ1) is 14.7. The highest BCUT2D eigenvalue weighted by atomic mass is 32.2. The van der Waals surface area contributed by atoms with Gasteiger partial charge in [0.1, 0.15) is 6.61 Å². The third-order valence-electron chi connectivity index (χ3n) is 5.10. The van der Waals surface area contributed by atoms with E-state index in [4.69, 9.17) is 4.74 Å². The average Bonchev–Trinajstić information content (AvgIpc) is 3.16. The second kappa shape index (κ2) is 11.6. The summed E-state index contributed by atoms with van der Waals surface area (Å²) in [6.07, 6.45) is 6.12. The molecular weight excluding hydrogens is 396 g/mol. The monoisotopic (exact) mass is 426 g/mol. The summed E-state index contributed by atoms with van der Waals surface area (Å²) in [5.74, 6) is 0.955. The number of nitrogens with zero attached hydrogens (tertiary/aromatic N) is 1. The number of hydrogen-bond donors (Lipinski definition) is 1. The molecule has 2 amide bonds. The van der Waals surface area contributed by atoms with Crippen molar-refractivity contribution in [3.05, 3.63) is 59.7 Å². The number of carbonyl (C=O) groups is 2. The Bertz CT molecular complexity index is 839. The number of hydrogen-bond acceptors (Lipinski definition) is 4. The summed E-state index contributed by atoms with van der Waals surface area (Å²) in [6.45, 7) is 3.55. The Morgan fingerprint density at radius 3 is 2.57 bits per heavy atom. The molecule has 0 radical (unpaired) electrons. The molecule has 1 saturated heterocycles. The maximum Gasteiger partial charge on any atom is 0.410 e. The number of thioether (sulfide) groups is 1. The van der Waals surface area contributed by atoms with Crippen molar-refractivity contribution in [1.82, 2.24) is 4.90 Å². The van der Waals surface area contributed by atoms with Crippen LogP contribution in [0, 0.1) is 0 Å². The zero-order chi connectivity index (χ0) is 21.2. The molecule has 1 aliphatic heterocycles. The molecule has 160 valence electrons. The van der Waals surface area contributed by atoms with Gasteiger partial charge in [-0.05, 0) is 48.1 Å². The van der Waals surface area contributed by atoms with Crippen LogP contribution in [0.3, 0.4) is 0 Å². The summed E-state index contributed by atoms with van der Waals surface area (Å²) in [6, 6.07) is 15.4. The third-order valence-corrected chi connectivity index (χ3v) is 6.20. The minimum absolute atomic E-state index is 0.172. The van der Waals surface area contributed by atoms with Crippen molar-refractivity contribution in [2.45, 2.75) is 50.5 Å². The maximum atomic E-state index is 12.8. The molecule has 6 heteroatoms. The molecule has 0 atom stereocenters. The van der Waals surface area contributed by atoms with Crippen LogP contribution in [0.5, 0.6) is 0 Å². The number of amides is 2. The fraction of sp³-hybridized carbons (Fsp3) is 0.417. The molecule has 0 spiro atoms. The van der Waals surface area contributed by atoms with Crippen LogP contribution in [0.4, 0.5) is 10.5 Å². The van der Waals surface area contributed by atoms with Crippen LogP contribution in [0.1, 0.15) is 54.9 Å². The first kappa shape index (κ1) is 22.2. The van der Waals surface area contributed by atoms with E-state index in [1.54, 1.807) is 11.0 Å². The second-order valence-electron chi connectivity index (χ2n) is 7.43. The van der Waals surface area contributed by atoms with Crippen molar-refractivity contribution in [2.75, 3.05) is 24.2 Å². The molecule has 3 rings (SSSR count). The van der Waals surface area contributed by atoms with Gasteiger partial charge in [0.05, 0.1) is 6.54 Å². The number of anilines is 1. The Kier molecular flexibility index (Phi) is 8.63. The number of unbranched alkanes of at least 4 members (excludes halogenated alkanes) is 4. The molecule has 2 aromatic carbocycles. The lowest BCUT2D eigenvalue weighted by Crippen LogP contribution is -2.25. The summed E-state index contributed by atoms with van der Waals surface area (Å²) < 4.78 is 4.98. The van der Waals surface area contributed by atoms with Gasteiger partial charge in [0.2, 0.25) is 0 Å². The van der Waals surface area contributed by atoms with Gasteiger partial charge in [0, 0.05) is 22.7 Å². The summed E-state index contributed by atoms with van der Waals surface area (Å²) in [5, 5.41) is 2.97. The molecule has 5 nitrogen and oxygen atoms in total. The van der Waals surface area contributed by atoms with Gasteiger partial charge in [-0.25, -0.2) is 4.79 Å². The van der Waals surface area contributed by atoms with E-state index in [9.17, 15) is 9.59 Å². The number of nitrogens with one attached hydrogen (secondary N) is 1. The van der Waals surface area contributed by atoms with Gasteiger partial charge < -0.3 is 15.0 Å². The lowest BCUT2D eigenvalue weighted by atomic mass is 10.1. The third kappa shape index (κ3) is 6.52. The smallest absolute Gasteiger partial charge is 0.410 e. The van der Waals surface area contributed by atoms with Crippen LogP contribution < -0.4 is 5.32 Å². The Hall–Kier alpha value is -2.47. The Morgan fingerprint density at radius 1 is 1.07 bits per heavy atom. The van der Waals surface area contributed by atoms with Crippen molar-refractivity contribution in [3.8, 4) is 0 Å². The normalized spacial score (nSPS) is 13.4. The summed E-state index contributed by atoms with van der Waals surface area (Å²) in [7, 11) is 0. The van der Waals surface area contributed by atoms with Crippen LogP contribution >= 0.6 is 11.8 Å². The van der Waals surface area contributed by atoms with Crippen molar-refractivity contribution in [1.29, 1.82) is 0 Å². The van der Waals surface area contributed by atoms with Crippen molar-refractivity contribution >= 4 is 29.4 Å². The molecule has 30 heavy (non-hydrogen) atoms. The van der Waals surface area contributed by atoms with E-state index in [0.29, 0.717) is 25.3 Å². The molecule has 0 aromatic heterocycles. The number of benzene rings is 2. The molecule has 1 heterocycles. The minimum atomic E-state index is -0.330.